The number of amides is 2. The molecule has 0 aliphatic rings. The third-order valence-electron chi connectivity index (χ3n) is 5.56. The normalized spacial score (nSPS) is 12.0. The minimum absolute atomic E-state index is 0.194. The highest BCUT2D eigenvalue weighted by Crippen LogP contribution is 2.24. The van der Waals surface area contributed by atoms with Gasteiger partial charge in [0.05, 0.1) is 19.1 Å². The second kappa shape index (κ2) is 12.4. The molecular weight excluding hydrogens is 454 g/mol. The fraction of sp³-hybridized carbons (Fsp3) is 0.440. The van der Waals surface area contributed by atoms with E-state index in [1.54, 1.807) is 24.3 Å². The second-order valence-corrected chi connectivity index (χ2v) is 10.0. The molecule has 2 aromatic carbocycles. The molecule has 2 rings (SSSR count). The summed E-state index contributed by atoms with van der Waals surface area (Å²) >= 11 is 0. The lowest BCUT2D eigenvalue weighted by Crippen LogP contribution is -2.52. The maximum atomic E-state index is 13.6. The van der Waals surface area contributed by atoms with Gasteiger partial charge in [-0.3, -0.25) is 13.9 Å². The number of carbonyl (C=O) groups excluding carboxylic acids is 2. The Balaban J connectivity index is 2.45. The van der Waals surface area contributed by atoms with Crippen LogP contribution in [0.3, 0.4) is 0 Å². The van der Waals surface area contributed by atoms with Crippen LogP contribution in [-0.4, -0.2) is 57.6 Å². The SMILES string of the molecule is CCCNC(=O)[C@@H](CC)N(Cc1ccccc1C)C(=O)CN(c1cccc(OC)c1)S(C)(=O)=O. The third-order valence-corrected chi connectivity index (χ3v) is 6.70. The molecule has 0 aliphatic heterocycles. The molecular formula is C25H35N3O5S. The number of ether oxygens (including phenoxy) is 1. The van der Waals surface area contributed by atoms with Gasteiger partial charge in [-0.25, -0.2) is 8.42 Å². The zero-order chi connectivity index (χ0) is 25.3. The van der Waals surface area contributed by atoms with Crippen molar-refractivity contribution in [3.63, 3.8) is 0 Å². The van der Waals surface area contributed by atoms with Gasteiger partial charge in [0.15, 0.2) is 0 Å². The summed E-state index contributed by atoms with van der Waals surface area (Å²) in [7, 11) is -2.30. The molecule has 0 saturated carbocycles. The molecule has 2 aromatic rings. The van der Waals surface area contributed by atoms with Gasteiger partial charge in [0, 0.05) is 19.2 Å². The summed E-state index contributed by atoms with van der Waals surface area (Å²) in [5.74, 6) is -0.241. The highest BCUT2D eigenvalue weighted by molar-refractivity contribution is 7.92. The van der Waals surface area contributed by atoms with Crippen LogP contribution < -0.4 is 14.4 Å². The van der Waals surface area contributed by atoms with Crippen molar-refractivity contribution in [1.29, 1.82) is 0 Å². The Kier molecular flexibility index (Phi) is 9.92. The first-order valence-electron chi connectivity index (χ1n) is 11.4. The van der Waals surface area contributed by atoms with Crippen molar-refractivity contribution in [2.75, 3.05) is 30.8 Å². The summed E-state index contributed by atoms with van der Waals surface area (Å²) in [6.07, 6.45) is 2.22. The lowest BCUT2D eigenvalue weighted by molar-refractivity contribution is -0.140. The average Bonchev–Trinajstić information content (AvgIpc) is 2.81. The van der Waals surface area contributed by atoms with Crippen LogP contribution in [0, 0.1) is 6.92 Å². The van der Waals surface area contributed by atoms with E-state index in [1.807, 2.05) is 45.0 Å². The molecule has 1 N–H and O–H groups in total. The number of hydrogen-bond acceptors (Lipinski definition) is 5. The molecule has 1 atom stereocenters. The van der Waals surface area contributed by atoms with Crippen molar-refractivity contribution in [2.45, 2.75) is 46.2 Å². The van der Waals surface area contributed by atoms with Crippen molar-refractivity contribution in [3.8, 4) is 5.75 Å². The molecule has 34 heavy (non-hydrogen) atoms. The molecule has 2 amide bonds. The quantitative estimate of drug-likeness (QED) is 0.494. The number of aryl methyl sites for hydroxylation is 1. The van der Waals surface area contributed by atoms with E-state index in [2.05, 4.69) is 5.32 Å². The van der Waals surface area contributed by atoms with Gasteiger partial charge in [-0.1, -0.05) is 44.2 Å². The van der Waals surface area contributed by atoms with Crippen LogP contribution in [0.2, 0.25) is 0 Å². The summed E-state index contributed by atoms with van der Waals surface area (Å²) in [5, 5.41) is 2.87. The first-order chi connectivity index (χ1) is 16.1. The largest absolute Gasteiger partial charge is 0.497 e. The fourth-order valence-electron chi connectivity index (χ4n) is 3.64. The Morgan fingerprint density at radius 2 is 1.79 bits per heavy atom. The summed E-state index contributed by atoms with van der Waals surface area (Å²) in [4.78, 5) is 28.0. The van der Waals surface area contributed by atoms with Crippen LogP contribution in [0.5, 0.6) is 5.75 Å². The van der Waals surface area contributed by atoms with E-state index in [-0.39, 0.29) is 12.5 Å². The highest BCUT2D eigenvalue weighted by Gasteiger charge is 2.31. The minimum atomic E-state index is -3.79. The maximum Gasteiger partial charge on any atom is 0.244 e. The van der Waals surface area contributed by atoms with Gasteiger partial charge in [-0.15, -0.1) is 0 Å². The molecule has 0 heterocycles. The van der Waals surface area contributed by atoms with Gasteiger partial charge in [0.2, 0.25) is 21.8 Å². The molecule has 0 fully saturated rings. The van der Waals surface area contributed by atoms with E-state index in [9.17, 15) is 18.0 Å². The van der Waals surface area contributed by atoms with Gasteiger partial charge < -0.3 is 15.0 Å². The number of nitrogens with one attached hydrogen (secondary N) is 1. The number of nitrogens with zero attached hydrogens (tertiary/aromatic N) is 2. The predicted octanol–water partition coefficient (Wildman–Crippen LogP) is 3.10. The number of anilines is 1. The first-order valence-corrected chi connectivity index (χ1v) is 13.2. The number of benzene rings is 2. The van der Waals surface area contributed by atoms with Crippen molar-refractivity contribution in [2.24, 2.45) is 0 Å². The predicted molar refractivity (Wildman–Crippen MR) is 134 cm³/mol. The molecule has 0 radical (unpaired) electrons. The van der Waals surface area contributed by atoms with E-state index in [0.717, 1.165) is 28.1 Å². The molecule has 0 aliphatic carbocycles. The summed E-state index contributed by atoms with van der Waals surface area (Å²) in [6.45, 7) is 5.99. The van der Waals surface area contributed by atoms with Crippen molar-refractivity contribution in [1.82, 2.24) is 10.2 Å². The van der Waals surface area contributed by atoms with E-state index < -0.39 is 28.5 Å². The maximum absolute atomic E-state index is 13.6. The van der Waals surface area contributed by atoms with Gasteiger partial charge in [0.1, 0.15) is 18.3 Å². The Morgan fingerprint density at radius 1 is 1.09 bits per heavy atom. The molecule has 8 nitrogen and oxygen atoms in total. The second-order valence-electron chi connectivity index (χ2n) is 8.13. The standard InChI is InChI=1S/C25H35N3O5S/c1-6-15-26-25(30)23(7-2)27(17-20-12-9-8-11-19(20)3)24(29)18-28(34(5,31)32)21-13-10-14-22(16-21)33-4/h8-14,16,23H,6-7,15,17-18H2,1-5H3,(H,26,30)/t23-/m1/s1. The zero-order valence-corrected chi connectivity index (χ0v) is 21.4. The number of hydrogen-bond donors (Lipinski definition) is 1. The van der Waals surface area contributed by atoms with Crippen molar-refractivity contribution in [3.05, 3.63) is 59.7 Å². The molecule has 186 valence electrons. The number of carbonyl (C=O) groups is 2. The van der Waals surface area contributed by atoms with E-state index in [0.29, 0.717) is 24.4 Å². The summed E-state index contributed by atoms with van der Waals surface area (Å²) in [5.41, 5.74) is 2.19. The molecule has 0 unspecified atom stereocenters. The molecule has 0 saturated heterocycles. The summed E-state index contributed by atoms with van der Waals surface area (Å²) < 4.78 is 31.6. The van der Waals surface area contributed by atoms with Crippen LogP contribution in [-0.2, 0) is 26.2 Å². The Labute approximate surface area is 202 Å². The van der Waals surface area contributed by atoms with Crippen LogP contribution in [0.4, 0.5) is 5.69 Å². The van der Waals surface area contributed by atoms with E-state index in [4.69, 9.17) is 4.74 Å². The fourth-order valence-corrected chi connectivity index (χ4v) is 4.48. The van der Waals surface area contributed by atoms with E-state index >= 15 is 0 Å². The Bertz CT molecular complexity index is 1090. The van der Waals surface area contributed by atoms with Crippen LogP contribution >= 0.6 is 0 Å². The molecule has 0 aromatic heterocycles. The Hall–Kier alpha value is -3.07. The smallest absolute Gasteiger partial charge is 0.244 e. The van der Waals surface area contributed by atoms with Crippen molar-refractivity contribution >= 4 is 27.5 Å². The van der Waals surface area contributed by atoms with E-state index in [1.165, 1.54) is 12.0 Å². The topological polar surface area (TPSA) is 96.0 Å². The highest BCUT2D eigenvalue weighted by atomic mass is 32.2. The monoisotopic (exact) mass is 489 g/mol. The van der Waals surface area contributed by atoms with Gasteiger partial charge in [0.25, 0.3) is 0 Å². The van der Waals surface area contributed by atoms with Gasteiger partial charge in [-0.05, 0) is 43.0 Å². The molecule has 0 bridgehead atoms. The van der Waals surface area contributed by atoms with Gasteiger partial charge >= 0.3 is 0 Å². The van der Waals surface area contributed by atoms with Crippen LogP contribution in [0.25, 0.3) is 0 Å². The zero-order valence-electron chi connectivity index (χ0n) is 20.6. The molecule has 0 spiro atoms. The van der Waals surface area contributed by atoms with Gasteiger partial charge in [-0.2, -0.15) is 0 Å². The van der Waals surface area contributed by atoms with Crippen molar-refractivity contribution < 1.29 is 22.7 Å². The molecule has 9 heteroatoms. The Morgan fingerprint density at radius 3 is 2.38 bits per heavy atom. The number of sulfonamides is 1. The van der Waals surface area contributed by atoms with Crippen LogP contribution in [0.1, 0.15) is 37.8 Å². The lowest BCUT2D eigenvalue weighted by atomic mass is 10.1. The first kappa shape index (κ1) is 27.2. The lowest BCUT2D eigenvalue weighted by Gasteiger charge is -2.33. The third kappa shape index (κ3) is 7.21. The summed E-state index contributed by atoms with van der Waals surface area (Å²) in [6, 6.07) is 13.4. The minimum Gasteiger partial charge on any atom is -0.497 e. The average molecular weight is 490 g/mol. The number of methoxy groups -OCH3 is 1. The number of rotatable bonds is 12. The van der Waals surface area contributed by atoms with Crippen LogP contribution in [0.15, 0.2) is 48.5 Å².